The van der Waals surface area contributed by atoms with Crippen molar-refractivity contribution in [3.63, 3.8) is 0 Å². The number of rotatable bonds is 2. The van der Waals surface area contributed by atoms with Gasteiger partial charge in [0.25, 0.3) is 0 Å². The van der Waals surface area contributed by atoms with Crippen LogP contribution >= 0.6 is 0 Å². The van der Waals surface area contributed by atoms with E-state index in [0.717, 1.165) is 49.4 Å². The molecule has 2 aliphatic rings. The number of nitrogen functional groups attached to an aromatic ring is 1. The van der Waals surface area contributed by atoms with Crippen LogP contribution in [0, 0.1) is 5.41 Å². The van der Waals surface area contributed by atoms with Crippen LogP contribution in [0.1, 0.15) is 26.2 Å². The van der Waals surface area contributed by atoms with Crippen molar-refractivity contribution in [2.24, 2.45) is 5.73 Å². The Morgan fingerprint density at radius 1 is 1.24 bits per heavy atom. The lowest BCUT2D eigenvalue weighted by molar-refractivity contribution is 0.120. The van der Waals surface area contributed by atoms with Gasteiger partial charge in [-0.1, -0.05) is 13.3 Å². The lowest BCUT2D eigenvalue weighted by atomic mass is 9.91. The second kappa shape index (κ2) is 7.42. The standard InChI is InChI=1S/C12H20N6.C2H7N/c13-11-4-5-12(15-18(11)14)17-8-6-16(7-9-17)10-2-1-3-10;1-2-3/h4-5,10,13H,1-3,6-9,14H2;2-3H2,1H3. The Morgan fingerprint density at radius 3 is 2.33 bits per heavy atom. The highest BCUT2D eigenvalue weighted by atomic mass is 15.5. The van der Waals surface area contributed by atoms with Gasteiger partial charge in [0.2, 0.25) is 0 Å². The molecule has 0 spiro atoms. The van der Waals surface area contributed by atoms with Crippen molar-refractivity contribution in [3.05, 3.63) is 17.6 Å². The van der Waals surface area contributed by atoms with Crippen molar-refractivity contribution in [3.8, 4) is 0 Å². The fourth-order valence-electron chi connectivity index (χ4n) is 2.66. The molecule has 0 unspecified atom stereocenters. The normalized spacial score (nSPS) is 19.6. The third-order valence-corrected chi connectivity index (χ3v) is 4.08. The van der Waals surface area contributed by atoms with E-state index < -0.39 is 0 Å². The molecular formula is C14H27N7. The number of hydrogen-bond donors (Lipinski definition) is 3. The van der Waals surface area contributed by atoms with Crippen molar-refractivity contribution in [2.75, 3.05) is 43.5 Å². The van der Waals surface area contributed by atoms with Crippen LogP contribution in [-0.4, -0.2) is 53.6 Å². The monoisotopic (exact) mass is 293 g/mol. The summed E-state index contributed by atoms with van der Waals surface area (Å²) in [4.78, 5) is 5.97. The Balaban J connectivity index is 0.000000497. The highest BCUT2D eigenvalue weighted by Crippen LogP contribution is 2.26. The van der Waals surface area contributed by atoms with Gasteiger partial charge in [-0.15, -0.1) is 5.10 Å². The number of nitrogens with zero attached hydrogens (tertiary/aromatic N) is 4. The summed E-state index contributed by atoms with van der Waals surface area (Å²) in [7, 11) is 0. The topological polar surface area (TPSA) is 100 Å². The van der Waals surface area contributed by atoms with Gasteiger partial charge < -0.3 is 16.5 Å². The van der Waals surface area contributed by atoms with Crippen LogP contribution < -0.4 is 22.0 Å². The molecule has 1 aromatic rings. The molecule has 1 saturated heterocycles. The molecule has 7 nitrogen and oxygen atoms in total. The Hall–Kier alpha value is -1.60. The molecule has 1 saturated carbocycles. The fourth-order valence-corrected chi connectivity index (χ4v) is 2.66. The van der Waals surface area contributed by atoms with E-state index in [-0.39, 0.29) is 5.49 Å². The molecule has 0 bridgehead atoms. The molecule has 5 N–H and O–H groups in total. The molecule has 0 atom stereocenters. The number of nitrogens with two attached hydrogens (primary N) is 2. The Labute approximate surface area is 126 Å². The second-order valence-electron chi connectivity index (χ2n) is 5.54. The SMILES string of the molecule is CCN.N=c1ccc(N2CCN(C3CCC3)CC2)nn1N. The molecule has 1 aromatic heterocycles. The summed E-state index contributed by atoms with van der Waals surface area (Å²) in [6.45, 7) is 6.88. The van der Waals surface area contributed by atoms with Gasteiger partial charge in [0, 0.05) is 32.2 Å². The second-order valence-corrected chi connectivity index (χ2v) is 5.54. The predicted octanol–water partition coefficient (Wildman–Crippen LogP) is -0.284. The molecule has 21 heavy (non-hydrogen) atoms. The van der Waals surface area contributed by atoms with E-state index >= 15 is 0 Å². The number of hydrogen-bond acceptors (Lipinski definition) is 6. The maximum atomic E-state index is 7.50. The fraction of sp³-hybridized carbons (Fsp3) is 0.714. The molecule has 2 fully saturated rings. The van der Waals surface area contributed by atoms with Gasteiger partial charge in [-0.05, 0) is 31.5 Å². The third kappa shape index (κ3) is 3.95. The van der Waals surface area contributed by atoms with Crippen LogP contribution in [0.3, 0.4) is 0 Å². The first-order chi connectivity index (χ1) is 10.2. The third-order valence-electron chi connectivity index (χ3n) is 4.08. The van der Waals surface area contributed by atoms with E-state index in [1.54, 1.807) is 6.07 Å². The summed E-state index contributed by atoms with van der Waals surface area (Å²) in [5.41, 5.74) is 5.08. The zero-order valence-electron chi connectivity index (χ0n) is 12.8. The van der Waals surface area contributed by atoms with E-state index in [4.69, 9.17) is 17.0 Å². The van der Waals surface area contributed by atoms with E-state index in [1.807, 2.05) is 13.0 Å². The summed E-state index contributed by atoms with van der Waals surface area (Å²) < 4.78 is 0. The zero-order valence-corrected chi connectivity index (χ0v) is 12.8. The minimum atomic E-state index is 0.229. The lowest BCUT2D eigenvalue weighted by Crippen LogP contribution is -2.52. The van der Waals surface area contributed by atoms with Gasteiger partial charge in [-0.3, -0.25) is 10.3 Å². The highest BCUT2D eigenvalue weighted by molar-refractivity contribution is 5.37. The molecule has 3 rings (SSSR count). The summed E-state index contributed by atoms with van der Waals surface area (Å²) in [5, 5.41) is 11.7. The minimum absolute atomic E-state index is 0.229. The number of aromatic nitrogens is 2. The van der Waals surface area contributed by atoms with Crippen LogP contribution in [0.4, 0.5) is 5.82 Å². The van der Waals surface area contributed by atoms with Gasteiger partial charge in [0.05, 0.1) is 0 Å². The van der Waals surface area contributed by atoms with Crippen LogP contribution in [0.5, 0.6) is 0 Å². The number of nitrogens with one attached hydrogen (secondary N) is 1. The molecule has 1 aliphatic heterocycles. The van der Waals surface area contributed by atoms with Crippen LogP contribution in [0.25, 0.3) is 0 Å². The molecule has 2 heterocycles. The van der Waals surface area contributed by atoms with Gasteiger partial charge in [0.15, 0.2) is 11.3 Å². The Morgan fingerprint density at radius 2 is 1.86 bits per heavy atom. The van der Waals surface area contributed by atoms with Crippen molar-refractivity contribution in [1.82, 2.24) is 14.8 Å². The zero-order chi connectivity index (χ0) is 15.2. The van der Waals surface area contributed by atoms with Gasteiger partial charge in [0.1, 0.15) is 0 Å². The van der Waals surface area contributed by atoms with Crippen LogP contribution in [-0.2, 0) is 0 Å². The molecule has 0 amide bonds. The molecule has 0 aromatic carbocycles. The molecule has 118 valence electrons. The van der Waals surface area contributed by atoms with Crippen molar-refractivity contribution >= 4 is 5.82 Å². The number of piperazine rings is 1. The Kier molecular flexibility index (Phi) is 5.58. The smallest absolute Gasteiger partial charge is 0.164 e. The van der Waals surface area contributed by atoms with Gasteiger partial charge >= 0.3 is 0 Å². The van der Waals surface area contributed by atoms with Gasteiger partial charge in [-0.2, -0.15) is 4.79 Å². The first kappa shape index (κ1) is 15.8. The van der Waals surface area contributed by atoms with Gasteiger partial charge in [-0.25, -0.2) is 0 Å². The Bertz CT molecular complexity index is 486. The summed E-state index contributed by atoms with van der Waals surface area (Å²) >= 11 is 0. The van der Waals surface area contributed by atoms with Crippen LogP contribution in [0.15, 0.2) is 12.1 Å². The van der Waals surface area contributed by atoms with Crippen LogP contribution in [0.2, 0.25) is 0 Å². The molecular weight excluding hydrogens is 266 g/mol. The van der Waals surface area contributed by atoms with E-state index in [9.17, 15) is 0 Å². The van der Waals surface area contributed by atoms with Crippen molar-refractivity contribution < 1.29 is 0 Å². The predicted molar refractivity (Wildman–Crippen MR) is 84.4 cm³/mol. The first-order valence-electron chi connectivity index (χ1n) is 7.74. The lowest BCUT2D eigenvalue weighted by Gasteiger charge is -2.43. The van der Waals surface area contributed by atoms with Crippen molar-refractivity contribution in [1.29, 1.82) is 5.41 Å². The highest BCUT2D eigenvalue weighted by Gasteiger charge is 2.28. The first-order valence-corrected chi connectivity index (χ1v) is 7.74. The van der Waals surface area contributed by atoms with E-state index in [1.165, 1.54) is 19.3 Å². The maximum absolute atomic E-state index is 7.50. The molecule has 1 aliphatic carbocycles. The summed E-state index contributed by atoms with van der Waals surface area (Å²) in [5.74, 6) is 6.49. The molecule has 0 radical (unpaired) electrons. The summed E-state index contributed by atoms with van der Waals surface area (Å²) in [6.07, 6.45) is 4.13. The minimum Gasteiger partial charge on any atom is -0.353 e. The van der Waals surface area contributed by atoms with E-state index in [2.05, 4.69) is 14.9 Å². The van der Waals surface area contributed by atoms with Crippen molar-refractivity contribution in [2.45, 2.75) is 32.2 Å². The summed E-state index contributed by atoms with van der Waals surface area (Å²) in [6, 6.07) is 4.40. The quantitative estimate of drug-likeness (QED) is 0.651. The average Bonchev–Trinajstić information content (AvgIpc) is 2.42. The largest absolute Gasteiger partial charge is 0.353 e. The van der Waals surface area contributed by atoms with E-state index in [0.29, 0.717) is 0 Å². The average molecular weight is 293 g/mol. The molecule has 7 heteroatoms. The number of anilines is 1. The maximum Gasteiger partial charge on any atom is 0.164 e.